The lowest BCUT2D eigenvalue weighted by Gasteiger charge is -2.46. The molecule has 1 amide bonds. The van der Waals surface area contributed by atoms with Gasteiger partial charge in [-0.3, -0.25) is 9.59 Å². The van der Waals surface area contributed by atoms with Crippen LogP contribution in [0.4, 0.5) is 13.2 Å². The molecule has 11 heteroatoms. The molecule has 0 spiro atoms. The Morgan fingerprint density at radius 2 is 1.50 bits per heavy atom. The highest BCUT2D eigenvalue weighted by atomic mass is 19.4. The Labute approximate surface area is 373 Å². The van der Waals surface area contributed by atoms with Gasteiger partial charge in [0.2, 0.25) is 5.91 Å². The van der Waals surface area contributed by atoms with Crippen LogP contribution in [0.25, 0.3) is 11.1 Å². The highest BCUT2D eigenvalue weighted by Gasteiger charge is 2.57. The molecular formula is C53H56F3NO7. The van der Waals surface area contributed by atoms with Crippen LogP contribution in [0.5, 0.6) is 17.2 Å². The second-order valence-corrected chi connectivity index (χ2v) is 17.5. The third kappa shape index (κ3) is 10.5. The number of allylic oxidation sites excluding steroid dienone is 2. The summed E-state index contributed by atoms with van der Waals surface area (Å²) in [5, 5.41) is 24.4. The number of halogens is 3. The number of carbonyl (C=O) groups is 2. The number of methoxy groups -OCH3 is 2. The number of hydrogen-bond donors (Lipinski definition) is 2. The minimum atomic E-state index is -4.86. The van der Waals surface area contributed by atoms with Crippen LogP contribution >= 0.6 is 0 Å². The summed E-state index contributed by atoms with van der Waals surface area (Å²) in [6, 6.07) is 34.0. The molecule has 3 aliphatic rings. The normalized spacial score (nSPS) is 21.3. The average molecular weight is 876 g/mol. The van der Waals surface area contributed by atoms with Crippen LogP contribution in [0.1, 0.15) is 96.5 Å². The van der Waals surface area contributed by atoms with Crippen LogP contribution in [0.15, 0.2) is 127 Å². The van der Waals surface area contributed by atoms with Crippen LogP contribution in [-0.4, -0.2) is 65.6 Å². The van der Waals surface area contributed by atoms with E-state index in [0.717, 1.165) is 27.8 Å². The first-order valence-electron chi connectivity index (χ1n) is 21.8. The Hall–Kier alpha value is -5.91. The van der Waals surface area contributed by atoms with Gasteiger partial charge in [0.1, 0.15) is 5.75 Å². The lowest BCUT2D eigenvalue weighted by atomic mass is 9.64. The third-order valence-corrected chi connectivity index (χ3v) is 13.3. The van der Waals surface area contributed by atoms with Gasteiger partial charge in [-0.1, -0.05) is 104 Å². The van der Waals surface area contributed by atoms with Crippen LogP contribution in [0.2, 0.25) is 0 Å². The van der Waals surface area contributed by atoms with E-state index in [2.05, 4.69) is 17.7 Å². The summed E-state index contributed by atoms with van der Waals surface area (Å²) in [6.45, 7) is 4.03. The molecule has 4 atom stereocenters. The van der Waals surface area contributed by atoms with E-state index >= 15 is 0 Å². The second-order valence-electron chi connectivity index (χ2n) is 17.5. The Morgan fingerprint density at radius 1 is 0.812 bits per heavy atom. The molecule has 2 N–H and O–H groups in total. The zero-order chi connectivity index (χ0) is 45.6. The maximum Gasteiger partial charge on any atom is 0.573 e. The molecule has 1 fully saturated rings. The largest absolute Gasteiger partial charge is 0.573 e. The van der Waals surface area contributed by atoms with Gasteiger partial charge in [-0.05, 0) is 121 Å². The van der Waals surface area contributed by atoms with Crippen molar-refractivity contribution in [3.8, 4) is 28.4 Å². The van der Waals surface area contributed by atoms with Crippen molar-refractivity contribution in [1.29, 1.82) is 0 Å². The highest BCUT2D eigenvalue weighted by molar-refractivity contribution is 6.10. The molecule has 336 valence electrons. The van der Waals surface area contributed by atoms with Crippen LogP contribution in [0.3, 0.4) is 0 Å². The first kappa shape index (κ1) is 46.1. The SMILES string of the molecule is COc1ccc(CC(=O)N(Cc2ccc(OC(F)(F)F)cc2)C[C@]2(O)CC[C@H]3c4ccc(cc4C(=O)c4ccc(-c5ccccc5)cc4)C[C@@H](O)CCC(C)=CCC[C@@]32C)cc1OC. The molecule has 3 aliphatic carbocycles. The molecule has 5 aromatic carbocycles. The summed E-state index contributed by atoms with van der Waals surface area (Å²) in [5.41, 5.74) is 4.69. The number of amides is 1. The van der Waals surface area contributed by atoms with E-state index in [0.29, 0.717) is 78.7 Å². The Balaban J connectivity index is 1.27. The second kappa shape index (κ2) is 19.5. The molecule has 0 heterocycles. The van der Waals surface area contributed by atoms with Gasteiger partial charge >= 0.3 is 6.36 Å². The summed E-state index contributed by atoms with van der Waals surface area (Å²) in [5.74, 6) is -0.206. The number of aliphatic hydroxyl groups is 2. The number of alkyl halides is 3. The van der Waals surface area contributed by atoms with Gasteiger partial charge in [-0.2, -0.15) is 0 Å². The summed E-state index contributed by atoms with van der Waals surface area (Å²) in [6.07, 6.45) is 0.245. The Bertz CT molecular complexity index is 2450. The summed E-state index contributed by atoms with van der Waals surface area (Å²) >= 11 is 0. The number of aliphatic hydroxyl groups excluding tert-OH is 1. The van der Waals surface area contributed by atoms with Crippen LogP contribution in [-0.2, 0) is 24.2 Å². The van der Waals surface area contributed by atoms with Crippen molar-refractivity contribution in [2.75, 3.05) is 20.8 Å². The zero-order valence-corrected chi connectivity index (χ0v) is 36.8. The number of rotatable bonds is 12. The van der Waals surface area contributed by atoms with Crippen molar-refractivity contribution in [3.05, 3.63) is 160 Å². The molecule has 8 rings (SSSR count). The van der Waals surface area contributed by atoms with E-state index in [-0.39, 0.29) is 42.9 Å². The van der Waals surface area contributed by atoms with Crippen LogP contribution < -0.4 is 14.2 Å². The quantitative estimate of drug-likeness (QED) is 0.0950. The van der Waals surface area contributed by atoms with Crippen molar-refractivity contribution in [3.63, 3.8) is 0 Å². The number of hydrogen-bond acceptors (Lipinski definition) is 7. The van der Waals surface area contributed by atoms with Gasteiger partial charge in [0.15, 0.2) is 17.3 Å². The van der Waals surface area contributed by atoms with Gasteiger partial charge in [-0.15, -0.1) is 13.2 Å². The maximum atomic E-state index is 14.8. The van der Waals surface area contributed by atoms with Crippen molar-refractivity contribution in [2.45, 2.75) is 95.7 Å². The topological polar surface area (TPSA) is 106 Å². The van der Waals surface area contributed by atoms with Gasteiger partial charge in [0.25, 0.3) is 0 Å². The minimum absolute atomic E-state index is 0.000223. The molecular weight excluding hydrogens is 820 g/mol. The van der Waals surface area contributed by atoms with Crippen molar-refractivity contribution < 1.29 is 47.2 Å². The number of nitrogens with zero attached hydrogens (tertiary/aromatic N) is 1. The third-order valence-electron chi connectivity index (χ3n) is 13.3. The molecule has 0 unspecified atom stereocenters. The minimum Gasteiger partial charge on any atom is -0.493 e. The van der Waals surface area contributed by atoms with E-state index in [1.807, 2.05) is 79.7 Å². The fourth-order valence-electron chi connectivity index (χ4n) is 9.64. The lowest BCUT2D eigenvalue weighted by molar-refractivity contribution is -0.274. The molecule has 64 heavy (non-hydrogen) atoms. The van der Waals surface area contributed by atoms with Crippen molar-refractivity contribution in [2.24, 2.45) is 5.41 Å². The maximum absolute atomic E-state index is 14.8. The highest BCUT2D eigenvalue weighted by Crippen LogP contribution is 2.59. The van der Waals surface area contributed by atoms with E-state index in [9.17, 15) is 33.0 Å². The fourth-order valence-corrected chi connectivity index (χ4v) is 9.64. The number of ketones is 1. The molecule has 0 aliphatic heterocycles. The van der Waals surface area contributed by atoms with Crippen molar-refractivity contribution >= 4 is 11.7 Å². The van der Waals surface area contributed by atoms with Gasteiger partial charge in [-0.25, -0.2) is 0 Å². The van der Waals surface area contributed by atoms with Gasteiger partial charge in [0, 0.05) is 23.1 Å². The number of carbonyl (C=O) groups excluding carboxylic acids is 2. The monoisotopic (exact) mass is 875 g/mol. The molecule has 0 aromatic heterocycles. The van der Waals surface area contributed by atoms with E-state index in [1.165, 1.54) is 38.5 Å². The predicted molar refractivity (Wildman–Crippen MR) is 241 cm³/mol. The first-order valence-corrected chi connectivity index (χ1v) is 21.8. The Kier molecular flexibility index (Phi) is 14.0. The predicted octanol–water partition coefficient (Wildman–Crippen LogP) is 10.8. The molecule has 2 bridgehead atoms. The summed E-state index contributed by atoms with van der Waals surface area (Å²) in [4.78, 5) is 30.9. The lowest BCUT2D eigenvalue weighted by Crippen LogP contribution is -2.53. The first-order chi connectivity index (χ1) is 30.6. The van der Waals surface area contributed by atoms with Crippen LogP contribution in [0, 0.1) is 5.41 Å². The molecule has 5 aromatic rings. The summed E-state index contributed by atoms with van der Waals surface area (Å²) in [7, 11) is 3.03. The Morgan fingerprint density at radius 3 is 2.19 bits per heavy atom. The molecule has 0 radical (unpaired) electrons. The van der Waals surface area contributed by atoms with Gasteiger partial charge in [0.05, 0.1) is 38.9 Å². The number of benzene rings is 5. The van der Waals surface area contributed by atoms with E-state index in [1.54, 1.807) is 23.1 Å². The van der Waals surface area contributed by atoms with E-state index in [4.69, 9.17) is 9.47 Å². The zero-order valence-electron chi connectivity index (χ0n) is 36.8. The average Bonchev–Trinajstić information content (AvgIpc) is 3.53. The van der Waals surface area contributed by atoms with Gasteiger partial charge < -0.3 is 29.3 Å². The molecule has 0 saturated heterocycles. The molecule has 8 nitrogen and oxygen atoms in total. The molecule has 1 saturated carbocycles. The van der Waals surface area contributed by atoms with Crippen molar-refractivity contribution in [1.82, 2.24) is 4.90 Å². The number of ether oxygens (including phenoxy) is 3. The summed E-state index contributed by atoms with van der Waals surface area (Å²) < 4.78 is 54.2. The van der Waals surface area contributed by atoms with E-state index < -0.39 is 23.5 Å². The standard InChI is InChI=1S/C53H56F3NO7/c1-35-9-8-27-51(2)46(44-24-15-37(29-42(58)21-12-35)30-45(44)50(60)41-19-17-40(18-20-41)39-10-6-5-7-11-39)26-28-52(51,61)34-57(33-36-13-22-43(23-14-36)64-53(54,55)56)49(59)32-38-16-25-47(62-3)48(31-38)63-4/h5-7,9-11,13-20,22-25,30-31,42,46,58,61H,8,12,21,26-29,32-34H2,1-4H3/t42-,46-,51-,52+/m0/s1. The fraction of sp³-hybridized carbons (Fsp3) is 0.358. The number of fused-ring (bicyclic) bond motifs is 8. The smallest absolute Gasteiger partial charge is 0.493 e.